The Balaban J connectivity index is 1.49. The van der Waals surface area contributed by atoms with E-state index in [-0.39, 0.29) is 30.1 Å². The number of carbonyl (C=O) groups is 2. The van der Waals surface area contributed by atoms with Crippen molar-refractivity contribution in [3.63, 3.8) is 0 Å². The topological polar surface area (TPSA) is 135 Å². The molecule has 3 aromatic rings. The summed E-state index contributed by atoms with van der Waals surface area (Å²) in [5.41, 5.74) is 15.4. The van der Waals surface area contributed by atoms with Crippen LogP contribution in [-0.2, 0) is 16.1 Å². The highest BCUT2D eigenvalue weighted by Gasteiger charge is 2.39. The Morgan fingerprint density at radius 3 is 2.24 bits per heavy atom. The lowest BCUT2D eigenvalue weighted by Crippen LogP contribution is -2.52. The number of benzene rings is 3. The summed E-state index contributed by atoms with van der Waals surface area (Å²) in [5, 5.41) is 10.5. The van der Waals surface area contributed by atoms with E-state index in [1.165, 1.54) is 7.11 Å². The number of amidine groups is 1. The fraction of sp³-hybridized carbons (Fsp3) is 0.276. The van der Waals surface area contributed by atoms with Crippen molar-refractivity contribution in [2.75, 3.05) is 13.7 Å². The van der Waals surface area contributed by atoms with Crippen LogP contribution in [0.15, 0.2) is 78.9 Å². The molecule has 0 aliphatic carbocycles. The number of hydrogen-bond acceptors (Lipinski definition) is 5. The summed E-state index contributed by atoms with van der Waals surface area (Å²) in [7, 11) is 1.53. The number of methoxy groups -OCH3 is 1. The molecule has 0 unspecified atom stereocenters. The van der Waals surface area contributed by atoms with Gasteiger partial charge in [-0.1, -0.05) is 72.8 Å². The van der Waals surface area contributed by atoms with Crippen LogP contribution in [-0.4, -0.2) is 48.3 Å². The summed E-state index contributed by atoms with van der Waals surface area (Å²) in [5.74, 6) is -0.327. The summed E-state index contributed by atoms with van der Waals surface area (Å²) in [4.78, 5) is 28.5. The molecular formula is C29H33N5O3. The van der Waals surface area contributed by atoms with E-state index in [1.54, 1.807) is 23.1 Å². The quantitative estimate of drug-likeness (QED) is 0.265. The van der Waals surface area contributed by atoms with Crippen molar-refractivity contribution in [3.8, 4) is 5.75 Å². The first kappa shape index (κ1) is 25.9. The van der Waals surface area contributed by atoms with Gasteiger partial charge in [0, 0.05) is 30.1 Å². The van der Waals surface area contributed by atoms with Gasteiger partial charge < -0.3 is 26.4 Å². The van der Waals surface area contributed by atoms with Gasteiger partial charge in [-0.2, -0.15) is 0 Å². The molecule has 1 saturated heterocycles. The Labute approximate surface area is 217 Å². The van der Waals surface area contributed by atoms with E-state index in [2.05, 4.69) is 5.32 Å². The third kappa shape index (κ3) is 5.81. The van der Waals surface area contributed by atoms with Crippen molar-refractivity contribution in [1.29, 1.82) is 5.41 Å². The van der Waals surface area contributed by atoms with Gasteiger partial charge in [0.25, 0.3) is 0 Å². The molecule has 6 N–H and O–H groups in total. The molecule has 1 aliphatic heterocycles. The second kappa shape index (κ2) is 11.7. The largest absolute Gasteiger partial charge is 0.496 e. The van der Waals surface area contributed by atoms with Gasteiger partial charge in [0.2, 0.25) is 11.8 Å². The molecule has 0 spiro atoms. The maximum absolute atomic E-state index is 13.7. The van der Waals surface area contributed by atoms with Gasteiger partial charge in [0.15, 0.2) is 0 Å². The number of nitrogens with zero attached hydrogens (tertiary/aromatic N) is 1. The molecule has 1 heterocycles. The van der Waals surface area contributed by atoms with Crippen LogP contribution in [0.1, 0.15) is 41.0 Å². The molecule has 192 valence electrons. The zero-order valence-corrected chi connectivity index (χ0v) is 20.9. The lowest BCUT2D eigenvalue weighted by Gasteiger charge is -2.31. The minimum absolute atomic E-state index is 0.0605. The second-order valence-corrected chi connectivity index (χ2v) is 9.17. The second-order valence-electron chi connectivity index (χ2n) is 9.17. The van der Waals surface area contributed by atoms with Crippen LogP contribution in [0.2, 0.25) is 0 Å². The van der Waals surface area contributed by atoms with Crippen molar-refractivity contribution < 1.29 is 14.3 Å². The molecule has 0 saturated carbocycles. The highest BCUT2D eigenvalue weighted by molar-refractivity contribution is 5.95. The van der Waals surface area contributed by atoms with Crippen LogP contribution in [0, 0.1) is 5.41 Å². The van der Waals surface area contributed by atoms with Crippen molar-refractivity contribution >= 4 is 17.6 Å². The van der Waals surface area contributed by atoms with E-state index < -0.39 is 12.1 Å². The molecule has 8 nitrogen and oxygen atoms in total. The highest BCUT2D eigenvalue weighted by Crippen LogP contribution is 2.30. The number of nitrogens with one attached hydrogen (secondary N) is 2. The van der Waals surface area contributed by atoms with Gasteiger partial charge in [0.1, 0.15) is 17.6 Å². The summed E-state index contributed by atoms with van der Waals surface area (Å²) in [6.45, 7) is 0.707. The summed E-state index contributed by atoms with van der Waals surface area (Å²) < 4.78 is 5.41. The van der Waals surface area contributed by atoms with Crippen LogP contribution in [0.4, 0.5) is 0 Å². The molecule has 37 heavy (non-hydrogen) atoms. The Kier molecular flexibility index (Phi) is 8.20. The van der Waals surface area contributed by atoms with E-state index in [9.17, 15) is 9.59 Å². The number of amides is 2. The number of likely N-dealkylation sites (tertiary alicyclic amines) is 1. The number of hydrogen-bond donors (Lipinski definition) is 4. The predicted molar refractivity (Wildman–Crippen MR) is 143 cm³/mol. The van der Waals surface area contributed by atoms with Crippen LogP contribution in [0.3, 0.4) is 0 Å². The standard InChI is InChI=1S/C29H33N5O3/c1-37-24-17-21(27(31)32)14-15-22(24)18-33-28(35)23-13-8-16-34(23)29(36)26(30)25(19-9-4-2-5-10-19)20-11-6-3-7-12-20/h2-7,9-12,14-15,17,23,25-26H,8,13,16,18,30H2,1H3,(H3,31,32)(H,33,35)/t23-,26-/m0/s1. The van der Waals surface area contributed by atoms with Crippen LogP contribution in [0.5, 0.6) is 5.75 Å². The molecule has 3 aromatic carbocycles. The predicted octanol–water partition coefficient (Wildman–Crippen LogP) is 2.75. The van der Waals surface area contributed by atoms with Crippen molar-refractivity contribution in [1.82, 2.24) is 10.2 Å². The van der Waals surface area contributed by atoms with Crippen LogP contribution >= 0.6 is 0 Å². The van der Waals surface area contributed by atoms with E-state index in [0.717, 1.165) is 23.1 Å². The smallest absolute Gasteiger partial charge is 0.243 e. The fourth-order valence-corrected chi connectivity index (χ4v) is 4.92. The first-order chi connectivity index (χ1) is 17.9. The van der Waals surface area contributed by atoms with Gasteiger partial charge in [0.05, 0.1) is 13.2 Å². The number of nitrogen functional groups attached to an aromatic ring is 1. The van der Waals surface area contributed by atoms with Gasteiger partial charge in [-0.3, -0.25) is 15.0 Å². The number of nitrogens with two attached hydrogens (primary N) is 2. The first-order valence-corrected chi connectivity index (χ1v) is 12.4. The molecule has 0 bridgehead atoms. The van der Waals surface area contributed by atoms with E-state index in [1.807, 2.05) is 60.7 Å². The van der Waals surface area contributed by atoms with Crippen molar-refractivity contribution in [3.05, 3.63) is 101 Å². The molecule has 2 amide bonds. The molecule has 8 heteroatoms. The van der Waals surface area contributed by atoms with Gasteiger partial charge in [-0.25, -0.2) is 0 Å². The SMILES string of the molecule is COc1cc(C(=N)N)ccc1CNC(=O)[C@@H]1CCCN1C(=O)[C@@H](N)C(c1ccccc1)c1ccccc1. The number of ether oxygens (including phenoxy) is 1. The number of carbonyl (C=O) groups excluding carboxylic acids is 2. The van der Waals surface area contributed by atoms with Crippen LogP contribution in [0.25, 0.3) is 0 Å². The maximum atomic E-state index is 13.7. The Bertz CT molecular complexity index is 1210. The van der Waals surface area contributed by atoms with E-state index in [0.29, 0.717) is 24.3 Å². The summed E-state index contributed by atoms with van der Waals surface area (Å²) >= 11 is 0. The molecule has 0 aromatic heterocycles. The van der Waals surface area contributed by atoms with Crippen molar-refractivity contribution in [2.24, 2.45) is 11.5 Å². The fourth-order valence-electron chi connectivity index (χ4n) is 4.92. The lowest BCUT2D eigenvalue weighted by atomic mass is 9.84. The molecule has 4 rings (SSSR count). The molecular weight excluding hydrogens is 466 g/mol. The summed E-state index contributed by atoms with van der Waals surface area (Å²) in [6, 6.07) is 23.2. The van der Waals surface area contributed by atoms with Crippen LogP contribution < -0.4 is 21.5 Å². The van der Waals surface area contributed by atoms with E-state index in [4.69, 9.17) is 21.6 Å². The van der Waals surface area contributed by atoms with E-state index >= 15 is 0 Å². The molecule has 1 aliphatic rings. The third-order valence-corrected chi connectivity index (χ3v) is 6.85. The Hall–Kier alpha value is -4.17. The van der Waals surface area contributed by atoms with Gasteiger partial charge in [-0.15, -0.1) is 0 Å². The summed E-state index contributed by atoms with van der Waals surface area (Å²) in [6.07, 6.45) is 1.31. The Morgan fingerprint density at radius 2 is 1.68 bits per heavy atom. The minimum atomic E-state index is -0.836. The Morgan fingerprint density at radius 1 is 1.05 bits per heavy atom. The molecule has 2 atom stereocenters. The average Bonchev–Trinajstić information content (AvgIpc) is 3.42. The minimum Gasteiger partial charge on any atom is -0.496 e. The van der Waals surface area contributed by atoms with Gasteiger partial charge in [-0.05, 0) is 30.0 Å². The molecule has 1 fully saturated rings. The third-order valence-electron chi connectivity index (χ3n) is 6.85. The lowest BCUT2D eigenvalue weighted by molar-refractivity contribution is -0.139. The van der Waals surface area contributed by atoms with Crippen molar-refractivity contribution in [2.45, 2.75) is 37.4 Å². The maximum Gasteiger partial charge on any atom is 0.243 e. The molecule has 0 radical (unpaired) electrons. The van der Waals surface area contributed by atoms with Gasteiger partial charge >= 0.3 is 0 Å². The normalized spacial score (nSPS) is 15.9. The monoisotopic (exact) mass is 499 g/mol. The zero-order chi connectivity index (χ0) is 26.4. The first-order valence-electron chi connectivity index (χ1n) is 12.4. The highest BCUT2D eigenvalue weighted by atomic mass is 16.5. The zero-order valence-electron chi connectivity index (χ0n) is 20.9. The average molecular weight is 500 g/mol. The number of rotatable bonds is 9.